The van der Waals surface area contributed by atoms with Gasteiger partial charge >= 0.3 is 12.0 Å². The quantitative estimate of drug-likeness (QED) is 0.793. The van der Waals surface area contributed by atoms with Crippen LogP contribution in [0.5, 0.6) is 0 Å². The molecule has 0 aromatic heterocycles. The number of carboxylic acid groups (broad SMARTS) is 1. The molecule has 116 valence electrons. The second kappa shape index (κ2) is 6.92. The molecule has 0 bridgehead atoms. The maximum Gasteiger partial charge on any atom is 0.317 e. The Balaban J connectivity index is 2.34. The zero-order chi connectivity index (χ0) is 15.3. The van der Waals surface area contributed by atoms with Gasteiger partial charge in [-0.3, -0.25) is 4.79 Å². The van der Waals surface area contributed by atoms with Crippen molar-refractivity contribution < 1.29 is 14.7 Å². The summed E-state index contributed by atoms with van der Waals surface area (Å²) in [5.74, 6) is -0.370. The van der Waals surface area contributed by atoms with Crippen molar-refractivity contribution in [2.75, 3.05) is 40.3 Å². The minimum atomic E-state index is -0.940. The minimum absolute atomic E-state index is 0.138. The van der Waals surface area contributed by atoms with Gasteiger partial charge in [-0.05, 0) is 52.7 Å². The van der Waals surface area contributed by atoms with Crippen LogP contribution in [0.25, 0.3) is 0 Å². The van der Waals surface area contributed by atoms with E-state index in [4.69, 9.17) is 5.11 Å². The number of likely N-dealkylation sites (tertiary alicyclic amines) is 1. The summed E-state index contributed by atoms with van der Waals surface area (Å²) in [6.45, 7) is 6.23. The Bertz CT molecular complexity index is 350. The zero-order valence-electron chi connectivity index (χ0n) is 13.0. The van der Waals surface area contributed by atoms with E-state index >= 15 is 0 Å². The number of piperidine rings is 1. The summed E-state index contributed by atoms with van der Waals surface area (Å²) in [4.78, 5) is 26.9. The van der Waals surface area contributed by atoms with Crippen LogP contribution in [0, 0.1) is 11.3 Å². The van der Waals surface area contributed by atoms with Crippen LogP contribution in [-0.4, -0.2) is 67.2 Å². The molecule has 1 saturated heterocycles. The number of aliphatic carboxylic acids is 1. The fraction of sp³-hybridized carbons (Fsp3) is 0.857. The smallest absolute Gasteiger partial charge is 0.317 e. The molecule has 1 fully saturated rings. The van der Waals surface area contributed by atoms with E-state index in [1.807, 2.05) is 0 Å². The van der Waals surface area contributed by atoms with Crippen molar-refractivity contribution >= 4 is 12.0 Å². The molecule has 1 aliphatic heterocycles. The second-order valence-corrected chi connectivity index (χ2v) is 6.47. The highest BCUT2D eigenvalue weighted by atomic mass is 16.4. The lowest BCUT2D eigenvalue weighted by molar-refractivity contribution is -0.146. The average molecular weight is 285 g/mol. The molecule has 0 aliphatic carbocycles. The molecular formula is C14H27N3O3. The van der Waals surface area contributed by atoms with Crippen molar-refractivity contribution in [1.82, 2.24) is 15.1 Å². The highest BCUT2D eigenvalue weighted by Gasteiger charge is 2.28. The summed E-state index contributed by atoms with van der Waals surface area (Å²) in [6, 6.07) is -0.196. The highest BCUT2D eigenvalue weighted by Crippen LogP contribution is 2.17. The van der Waals surface area contributed by atoms with Crippen LogP contribution < -0.4 is 5.32 Å². The average Bonchev–Trinajstić information content (AvgIpc) is 2.38. The third-order valence-corrected chi connectivity index (χ3v) is 3.98. The molecule has 2 N–H and O–H groups in total. The minimum Gasteiger partial charge on any atom is -0.481 e. The maximum absolute atomic E-state index is 12.0. The van der Waals surface area contributed by atoms with Crippen molar-refractivity contribution in [1.29, 1.82) is 0 Å². The molecule has 0 unspecified atom stereocenters. The molecule has 0 saturated carbocycles. The highest BCUT2D eigenvalue weighted by molar-refractivity contribution is 5.77. The van der Waals surface area contributed by atoms with Crippen LogP contribution in [0.1, 0.15) is 26.7 Å². The predicted octanol–water partition coefficient (Wildman–Crippen LogP) is 1.08. The number of nitrogens with one attached hydrogen (secondary N) is 1. The number of urea groups is 1. The molecule has 0 radical (unpaired) electrons. The summed E-state index contributed by atoms with van der Waals surface area (Å²) in [5.41, 5.74) is -0.940. The van der Waals surface area contributed by atoms with Crippen molar-refractivity contribution in [3.63, 3.8) is 0 Å². The van der Waals surface area contributed by atoms with E-state index < -0.39 is 11.4 Å². The summed E-state index contributed by atoms with van der Waals surface area (Å²) >= 11 is 0. The van der Waals surface area contributed by atoms with Crippen LogP contribution in [0.2, 0.25) is 0 Å². The summed E-state index contributed by atoms with van der Waals surface area (Å²) in [5, 5.41) is 11.7. The molecule has 20 heavy (non-hydrogen) atoms. The maximum atomic E-state index is 12.0. The molecule has 6 nitrogen and oxygen atoms in total. The van der Waals surface area contributed by atoms with Gasteiger partial charge in [-0.15, -0.1) is 0 Å². The topological polar surface area (TPSA) is 72.9 Å². The molecule has 0 spiro atoms. The first kappa shape index (κ1) is 16.8. The second-order valence-electron chi connectivity index (χ2n) is 6.47. The number of hydrogen-bond acceptors (Lipinski definition) is 3. The van der Waals surface area contributed by atoms with Crippen LogP contribution in [-0.2, 0) is 4.79 Å². The third-order valence-electron chi connectivity index (χ3n) is 3.98. The molecule has 1 heterocycles. The molecule has 0 aromatic carbocycles. The lowest BCUT2D eigenvalue weighted by Crippen LogP contribution is -2.46. The number of hydrogen-bond donors (Lipinski definition) is 2. The van der Waals surface area contributed by atoms with Crippen molar-refractivity contribution in [2.45, 2.75) is 26.7 Å². The van der Waals surface area contributed by atoms with Crippen molar-refractivity contribution in [3.05, 3.63) is 0 Å². The van der Waals surface area contributed by atoms with Crippen LogP contribution in [0.15, 0.2) is 0 Å². The van der Waals surface area contributed by atoms with Crippen LogP contribution in [0.3, 0.4) is 0 Å². The van der Waals surface area contributed by atoms with E-state index in [0.29, 0.717) is 5.92 Å². The zero-order valence-corrected chi connectivity index (χ0v) is 13.0. The SMILES string of the molecule is CN1CCC(CN(C)C(=O)NCC(C)(C)C(=O)O)CC1. The molecular weight excluding hydrogens is 258 g/mol. The fourth-order valence-corrected chi connectivity index (χ4v) is 2.22. The number of carbonyl (C=O) groups is 2. The van der Waals surface area contributed by atoms with Gasteiger partial charge in [0.15, 0.2) is 0 Å². The van der Waals surface area contributed by atoms with E-state index in [1.165, 1.54) is 0 Å². The number of rotatable bonds is 5. The van der Waals surface area contributed by atoms with Crippen molar-refractivity contribution in [3.8, 4) is 0 Å². The molecule has 1 rings (SSSR count). The Hall–Kier alpha value is -1.30. The van der Waals surface area contributed by atoms with Gasteiger partial charge in [-0.25, -0.2) is 4.79 Å². The van der Waals surface area contributed by atoms with Gasteiger partial charge in [-0.2, -0.15) is 0 Å². The van der Waals surface area contributed by atoms with E-state index in [0.717, 1.165) is 32.5 Å². The van der Waals surface area contributed by atoms with Gasteiger partial charge < -0.3 is 20.2 Å². The summed E-state index contributed by atoms with van der Waals surface area (Å²) in [7, 11) is 3.88. The summed E-state index contributed by atoms with van der Waals surface area (Å²) < 4.78 is 0. The van der Waals surface area contributed by atoms with Gasteiger partial charge in [0, 0.05) is 20.1 Å². The Labute approximate surface area is 121 Å². The van der Waals surface area contributed by atoms with E-state index in [1.54, 1.807) is 25.8 Å². The fourth-order valence-electron chi connectivity index (χ4n) is 2.22. The normalized spacial score (nSPS) is 17.8. The number of amides is 2. The number of carboxylic acids is 1. The van der Waals surface area contributed by atoms with Gasteiger partial charge in [0.05, 0.1) is 5.41 Å². The number of carbonyl (C=O) groups excluding carboxylic acids is 1. The number of nitrogens with zero attached hydrogens (tertiary/aromatic N) is 2. The Morgan fingerprint density at radius 1 is 1.35 bits per heavy atom. The Morgan fingerprint density at radius 3 is 2.40 bits per heavy atom. The van der Waals surface area contributed by atoms with E-state index in [9.17, 15) is 9.59 Å². The standard InChI is InChI=1S/C14H27N3O3/c1-14(2,12(18)19)10-15-13(20)17(4)9-11-5-7-16(3)8-6-11/h11H,5-10H2,1-4H3,(H,15,20)(H,18,19). The first-order chi connectivity index (χ1) is 9.22. The van der Waals surface area contributed by atoms with Crippen LogP contribution in [0.4, 0.5) is 4.79 Å². The molecule has 6 heteroatoms. The monoisotopic (exact) mass is 285 g/mol. The molecule has 2 amide bonds. The third kappa shape index (κ3) is 5.00. The largest absolute Gasteiger partial charge is 0.481 e. The lowest BCUT2D eigenvalue weighted by Gasteiger charge is -2.32. The van der Waals surface area contributed by atoms with Gasteiger partial charge in [0.2, 0.25) is 0 Å². The molecule has 1 aliphatic rings. The van der Waals surface area contributed by atoms with Gasteiger partial charge in [0.1, 0.15) is 0 Å². The van der Waals surface area contributed by atoms with Crippen molar-refractivity contribution in [2.24, 2.45) is 11.3 Å². The molecule has 0 aromatic rings. The first-order valence-electron chi connectivity index (χ1n) is 7.13. The Kier molecular flexibility index (Phi) is 5.80. The lowest BCUT2D eigenvalue weighted by atomic mass is 9.94. The predicted molar refractivity (Wildman–Crippen MR) is 77.7 cm³/mol. The Morgan fingerprint density at radius 2 is 1.90 bits per heavy atom. The molecule has 0 atom stereocenters. The van der Waals surface area contributed by atoms with Gasteiger partial charge in [-0.1, -0.05) is 0 Å². The van der Waals surface area contributed by atoms with Gasteiger partial charge in [0.25, 0.3) is 0 Å². The van der Waals surface area contributed by atoms with E-state index in [-0.39, 0.29) is 12.6 Å². The first-order valence-corrected chi connectivity index (χ1v) is 7.13. The van der Waals surface area contributed by atoms with E-state index in [2.05, 4.69) is 17.3 Å². The van der Waals surface area contributed by atoms with Crippen LogP contribution >= 0.6 is 0 Å². The summed E-state index contributed by atoms with van der Waals surface area (Å²) in [6.07, 6.45) is 2.21.